The van der Waals surface area contributed by atoms with Crippen molar-refractivity contribution in [3.8, 4) is 10.4 Å². The molecule has 5 rings (SSSR count). The molecule has 9 nitrogen and oxygen atoms in total. The van der Waals surface area contributed by atoms with Crippen molar-refractivity contribution in [3.63, 3.8) is 0 Å². The average Bonchev–Trinajstić information content (AvgIpc) is 3.33. The Morgan fingerprint density at radius 1 is 1.21 bits per heavy atom. The Kier molecular flexibility index (Phi) is 8.40. The van der Waals surface area contributed by atoms with Crippen molar-refractivity contribution in [1.29, 1.82) is 0 Å². The number of ether oxygens (including phenoxy) is 1. The van der Waals surface area contributed by atoms with Crippen LogP contribution in [-0.4, -0.2) is 69.4 Å². The van der Waals surface area contributed by atoms with E-state index in [-0.39, 0.29) is 81.6 Å². The van der Waals surface area contributed by atoms with Crippen molar-refractivity contribution in [2.24, 2.45) is 5.73 Å². The monoisotopic (exact) mass is 635 g/mol. The molecule has 230 valence electrons. The van der Waals surface area contributed by atoms with Crippen LogP contribution in [0.3, 0.4) is 0 Å². The highest BCUT2D eigenvalue weighted by molar-refractivity contribution is 7.99. The maximum absolute atomic E-state index is 14.9. The molecule has 14 heteroatoms. The number of rotatable bonds is 6. The number of alkyl halides is 3. The molecule has 0 spiro atoms. The van der Waals surface area contributed by atoms with Gasteiger partial charge in [-0.3, -0.25) is 14.2 Å². The number of carbonyl (C=O) groups is 2. The number of amides is 2. The number of thioether (sulfide) groups is 1. The summed E-state index contributed by atoms with van der Waals surface area (Å²) >= 11 is 2.14. The molecule has 2 N–H and O–H groups in total. The summed E-state index contributed by atoms with van der Waals surface area (Å²) in [4.78, 5) is 46.6. The number of halogens is 3. The molecule has 2 aliphatic rings. The van der Waals surface area contributed by atoms with Gasteiger partial charge in [-0.1, -0.05) is 6.58 Å². The number of anilines is 1. The third-order valence-electron chi connectivity index (χ3n) is 7.57. The Balaban J connectivity index is 1.82. The standard InChI is InChI=1S/C29H32F3N5O4S2/c1-6-21(38)37-15(4)10-35(11-16(37)5)27-19-9-20(29(30,31)32)22(24-18(26(33)39)7-8-42-24)25-23(19)36(28(40)34-27)12-17(13-43-25)41-14(2)3/h6-9,14-17H,1,10-13H2,2-5H3,(H2,33,39)/t15-,16+,17?. The van der Waals surface area contributed by atoms with Crippen LogP contribution in [0.15, 0.2) is 39.9 Å². The molecule has 2 aromatic heterocycles. The lowest BCUT2D eigenvalue weighted by Gasteiger charge is -2.44. The predicted octanol–water partition coefficient (Wildman–Crippen LogP) is 4.75. The van der Waals surface area contributed by atoms with Crippen LogP contribution in [0, 0.1) is 0 Å². The summed E-state index contributed by atoms with van der Waals surface area (Å²) in [6, 6.07) is 1.78. The van der Waals surface area contributed by atoms with Gasteiger partial charge in [-0.05, 0) is 51.3 Å². The SMILES string of the molecule is C=CC(=O)N1[C@H](C)CN(c2nc(=O)n3c4c(c(-c5sccc5C(N)=O)c(C(F)(F)F)cc24)SCC(OC(C)C)C3)C[C@@H]1C. The van der Waals surface area contributed by atoms with Gasteiger partial charge in [-0.25, -0.2) is 4.79 Å². The van der Waals surface area contributed by atoms with Crippen LogP contribution < -0.4 is 16.3 Å². The Morgan fingerprint density at radius 3 is 2.47 bits per heavy atom. The van der Waals surface area contributed by atoms with E-state index >= 15 is 0 Å². The second-order valence-corrected chi connectivity index (χ2v) is 13.0. The lowest BCUT2D eigenvalue weighted by atomic mass is 9.98. The minimum absolute atomic E-state index is 0.0280. The summed E-state index contributed by atoms with van der Waals surface area (Å²) in [6.07, 6.45) is -4.26. The third-order valence-corrected chi connectivity index (χ3v) is 9.73. The third kappa shape index (κ3) is 5.67. The minimum atomic E-state index is -4.81. The normalized spacial score (nSPS) is 20.9. The van der Waals surface area contributed by atoms with Gasteiger partial charge in [-0.2, -0.15) is 18.2 Å². The molecular formula is C29H32F3N5O4S2. The van der Waals surface area contributed by atoms with Crippen molar-refractivity contribution in [3.05, 3.63) is 51.8 Å². The zero-order valence-corrected chi connectivity index (χ0v) is 25.7. The average molecular weight is 636 g/mol. The van der Waals surface area contributed by atoms with Gasteiger partial charge < -0.3 is 20.3 Å². The number of carbonyl (C=O) groups excluding carboxylic acids is 2. The molecule has 3 atom stereocenters. The molecule has 3 aromatic rings. The molecule has 2 aliphatic heterocycles. The lowest BCUT2D eigenvalue weighted by Crippen LogP contribution is -2.58. The zero-order valence-electron chi connectivity index (χ0n) is 24.1. The smallest absolute Gasteiger partial charge is 0.373 e. The molecule has 4 heterocycles. The maximum atomic E-state index is 14.9. The molecule has 1 saturated heterocycles. The Bertz CT molecular complexity index is 1660. The first-order valence-corrected chi connectivity index (χ1v) is 15.6. The van der Waals surface area contributed by atoms with Crippen LogP contribution in [0.2, 0.25) is 0 Å². The second-order valence-electron chi connectivity index (χ2n) is 11.0. The summed E-state index contributed by atoms with van der Waals surface area (Å²) < 4.78 is 52.2. The molecule has 0 aliphatic carbocycles. The first-order valence-electron chi connectivity index (χ1n) is 13.8. The molecule has 0 radical (unpaired) electrons. The number of hydrogen-bond donors (Lipinski definition) is 1. The summed E-state index contributed by atoms with van der Waals surface area (Å²) in [5.74, 6) is -0.715. The van der Waals surface area contributed by atoms with Crippen LogP contribution in [0.4, 0.5) is 19.0 Å². The number of primary amides is 1. The largest absolute Gasteiger partial charge is 0.417 e. The van der Waals surface area contributed by atoms with Gasteiger partial charge in [0.25, 0.3) is 0 Å². The van der Waals surface area contributed by atoms with Crippen molar-refractivity contribution in [2.45, 2.75) is 69.6 Å². The van der Waals surface area contributed by atoms with Crippen molar-refractivity contribution >= 4 is 51.6 Å². The minimum Gasteiger partial charge on any atom is -0.373 e. The molecule has 1 unspecified atom stereocenters. The highest BCUT2D eigenvalue weighted by Crippen LogP contribution is 2.50. The maximum Gasteiger partial charge on any atom is 0.417 e. The fourth-order valence-corrected chi connectivity index (χ4v) is 8.31. The van der Waals surface area contributed by atoms with Gasteiger partial charge in [-0.15, -0.1) is 23.1 Å². The fourth-order valence-electron chi connectivity index (χ4n) is 6.03. The van der Waals surface area contributed by atoms with E-state index in [0.29, 0.717) is 5.52 Å². The quantitative estimate of drug-likeness (QED) is 0.389. The van der Waals surface area contributed by atoms with Crippen LogP contribution in [-0.2, 0) is 22.3 Å². The summed E-state index contributed by atoms with van der Waals surface area (Å²) in [5, 5.41) is 1.68. The van der Waals surface area contributed by atoms with Gasteiger partial charge >= 0.3 is 11.9 Å². The van der Waals surface area contributed by atoms with E-state index in [0.717, 1.165) is 29.2 Å². The Morgan fingerprint density at radius 2 is 1.88 bits per heavy atom. The Hall–Kier alpha value is -3.36. The first kappa shape index (κ1) is 31.1. The molecule has 1 fully saturated rings. The van der Waals surface area contributed by atoms with Crippen LogP contribution in [0.5, 0.6) is 0 Å². The zero-order chi connectivity index (χ0) is 31.4. The molecule has 0 saturated carbocycles. The highest BCUT2D eigenvalue weighted by atomic mass is 32.2. The number of aromatic nitrogens is 2. The van der Waals surface area contributed by atoms with Gasteiger partial charge in [0.1, 0.15) is 5.82 Å². The summed E-state index contributed by atoms with van der Waals surface area (Å²) in [7, 11) is 0. The fraction of sp³-hybridized carbons (Fsp3) is 0.448. The van der Waals surface area contributed by atoms with E-state index in [4.69, 9.17) is 10.5 Å². The van der Waals surface area contributed by atoms with E-state index in [1.165, 1.54) is 22.1 Å². The lowest BCUT2D eigenvalue weighted by molar-refractivity contribution is -0.137. The molecule has 1 aromatic carbocycles. The number of nitrogens with two attached hydrogens (primary N) is 1. The van der Waals surface area contributed by atoms with Crippen LogP contribution >= 0.6 is 23.1 Å². The van der Waals surface area contributed by atoms with Crippen molar-refractivity contribution < 1.29 is 27.5 Å². The summed E-state index contributed by atoms with van der Waals surface area (Å²) in [6.45, 7) is 11.5. The van der Waals surface area contributed by atoms with Gasteiger partial charge in [0.15, 0.2) is 0 Å². The topological polar surface area (TPSA) is 111 Å². The second kappa shape index (κ2) is 11.6. The van der Waals surface area contributed by atoms with Crippen molar-refractivity contribution in [2.75, 3.05) is 23.7 Å². The molecule has 0 bridgehead atoms. The Labute approximate surface area is 254 Å². The summed E-state index contributed by atoms with van der Waals surface area (Å²) in [5.41, 5.74) is 4.08. The number of hydrogen-bond acceptors (Lipinski definition) is 8. The van der Waals surface area contributed by atoms with Gasteiger partial charge in [0, 0.05) is 51.6 Å². The van der Waals surface area contributed by atoms with Gasteiger partial charge in [0.2, 0.25) is 11.8 Å². The van der Waals surface area contributed by atoms with E-state index < -0.39 is 29.4 Å². The van der Waals surface area contributed by atoms with Crippen LogP contribution in [0.25, 0.3) is 21.3 Å². The highest BCUT2D eigenvalue weighted by Gasteiger charge is 2.40. The number of benzene rings is 1. The molecule has 43 heavy (non-hydrogen) atoms. The molecule has 2 amide bonds. The first-order chi connectivity index (χ1) is 20.2. The van der Waals surface area contributed by atoms with E-state index in [2.05, 4.69) is 11.6 Å². The van der Waals surface area contributed by atoms with E-state index in [1.807, 2.05) is 27.7 Å². The van der Waals surface area contributed by atoms with Gasteiger partial charge in [0.05, 0.1) is 35.4 Å². The van der Waals surface area contributed by atoms with Crippen molar-refractivity contribution in [1.82, 2.24) is 14.5 Å². The predicted molar refractivity (Wildman–Crippen MR) is 162 cm³/mol. The molecular weight excluding hydrogens is 603 g/mol. The number of piperazine rings is 1. The van der Waals surface area contributed by atoms with E-state index in [9.17, 15) is 27.6 Å². The van der Waals surface area contributed by atoms with E-state index in [1.54, 1.807) is 9.80 Å². The number of nitrogens with zero attached hydrogens (tertiary/aromatic N) is 4. The number of thiophene rings is 1. The van der Waals surface area contributed by atoms with Crippen LogP contribution in [0.1, 0.15) is 43.6 Å².